The number of rotatable bonds is 1. The second-order valence-corrected chi connectivity index (χ2v) is 8.22. The molecule has 2 atom stereocenters. The summed E-state index contributed by atoms with van der Waals surface area (Å²) in [6, 6.07) is 10.1. The summed E-state index contributed by atoms with van der Waals surface area (Å²) in [4.78, 5) is 26.6. The molecule has 140 valence electrons. The molecule has 2 bridgehead atoms. The first-order valence-corrected chi connectivity index (χ1v) is 9.84. The van der Waals surface area contributed by atoms with Gasteiger partial charge in [0, 0.05) is 42.3 Å². The third-order valence-corrected chi connectivity index (χ3v) is 6.07. The standard InChI is InChI=1S/C19H17Cl2N3O2S/c20-13-4-5-14(15(21)7-13)18(26)22-19(27)23-8-11-6-12(10-23)16-2-1-3-17(25)24(16)9-11/h1-5,7,11-12H,6,8-10H2,(H,22,26,27)/t11-,12-/m0/s1. The zero-order chi connectivity index (χ0) is 19.1. The van der Waals surface area contributed by atoms with Gasteiger partial charge in [0.2, 0.25) is 0 Å². The van der Waals surface area contributed by atoms with Crippen LogP contribution in [0.25, 0.3) is 0 Å². The average Bonchev–Trinajstić information content (AvgIpc) is 2.62. The summed E-state index contributed by atoms with van der Waals surface area (Å²) >= 11 is 17.5. The molecular formula is C19H17Cl2N3O2S. The monoisotopic (exact) mass is 421 g/mol. The van der Waals surface area contributed by atoms with Gasteiger partial charge in [-0.2, -0.15) is 0 Å². The average molecular weight is 422 g/mol. The quantitative estimate of drug-likeness (QED) is 0.717. The lowest BCUT2D eigenvalue weighted by Gasteiger charge is -2.43. The van der Waals surface area contributed by atoms with E-state index < -0.39 is 0 Å². The molecule has 0 unspecified atom stereocenters. The summed E-state index contributed by atoms with van der Waals surface area (Å²) in [7, 11) is 0. The van der Waals surface area contributed by atoms with Crippen LogP contribution in [0.1, 0.15) is 28.4 Å². The number of fused-ring (bicyclic) bond motifs is 4. The Morgan fingerprint density at radius 3 is 2.74 bits per heavy atom. The molecule has 2 aliphatic heterocycles. The summed E-state index contributed by atoms with van der Waals surface area (Å²) in [5, 5.41) is 3.91. The maximum atomic E-state index is 12.5. The minimum Gasteiger partial charge on any atom is -0.348 e. The van der Waals surface area contributed by atoms with Crippen molar-refractivity contribution in [2.75, 3.05) is 13.1 Å². The number of carbonyl (C=O) groups is 1. The highest BCUT2D eigenvalue weighted by Crippen LogP contribution is 2.35. The van der Waals surface area contributed by atoms with Crippen LogP contribution in [0.4, 0.5) is 0 Å². The van der Waals surface area contributed by atoms with Gasteiger partial charge in [0.1, 0.15) is 0 Å². The van der Waals surface area contributed by atoms with E-state index in [9.17, 15) is 9.59 Å². The molecule has 27 heavy (non-hydrogen) atoms. The summed E-state index contributed by atoms with van der Waals surface area (Å²) in [6.45, 7) is 2.07. The van der Waals surface area contributed by atoms with Crippen molar-refractivity contribution >= 4 is 46.4 Å². The highest BCUT2D eigenvalue weighted by Gasteiger charge is 2.35. The summed E-state index contributed by atoms with van der Waals surface area (Å²) in [5.74, 6) is 0.194. The van der Waals surface area contributed by atoms with Crippen molar-refractivity contribution in [3.8, 4) is 0 Å². The molecule has 4 rings (SSSR count). The first-order chi connectivity index (χ1) is 12.9. The van der Waals surface area contributed by atoms with Crippen LogP contribution < -0.4 is 10.9 Å². The molecule has 5 nitrogen and oxygen atoms in total. The molecule has 3 heterocycles. The van der Waals surface area contributed by atoms with E-state index >= 15 is 0 Å². The number of pyridine rings is 1. The largest absolute Gasteiger partial charge is 0.348 e. The Bertz CT molecular complexity index is 991. The number of hydrogen-bond acceptors (Lipinski definition) is 3. The van der Waals surface area contributed by atoms with Crippen LogP contribution in [0.5, 0.6) is 0 Å². The van der Waals surface area contributed by atoms with E-state index in [4.69, 9.17) is 35.4 Å². The number of hydrogen-bond donors (Lipinski definition) is 1. The van der Waals surface area contributed by atoms with Gasteiger partial charge < -0.3 is 9.47 Å². The first-order valence-electron chi connectivity index (χ1n) is 8.67. The summed E-state index contributed by atoms with van der Waals surface area (Å²) < 4.78 is 1.87. The van der Waals surface area contributed by atoms with Crippen molar-refractivity contribution in [3.63, 3.8) is 0 Å². The van der Waals surface area contributed by atoms with E-state index in [1.165, 1.54) is 6.07 Å². The van der Waals surface area contributed by atoms with E-state index in [1.807, 2.05) is 15.5 Å². The molecule has 1 N–H and O–H groups in total. The maximum Gasteiger partial charge on any atom is 0.258 e. The van der Waals surface area contributed by atoms with Gasteiger partial charge in [-0.15, -0.1) is 0 Å². The number of aromatic nitrogens is 1. The lowest BCUT2D eigenvalue weighted by atomic mass is 9.83. The topological polar surface area (TPSA) is 54.3 Å². The fourth-order valence-corrected chi connectivity index (χ4v) is 4.72. The van der Waals surface area contributed by atoms with Gasteiger partial charge in [-0.25, -0.2) is 0 Å². The molecule has 1 saturated heterocycles. The zero-order valence-corrected chi connectivity index (χ0v) is 16.7. The Morgan fingerprint density at radius 1 is 1.15 bits per heavy atom. The number of nitrogens with zero attached hydrogens (tertiary/aromatic N) is 2. The van der Waals surface area contributed by atoms with Crippen LogP contribution in [0.2, 0.25) is 10.0 Å². The number of thiocarbonyl (C=S) groups is 1. The van der Waals surface area contributed by atoms with E-state index in [-0.39, 0.29) is 22.4 Å². The van der Waals surface area contributed by atoms with Crippen molar-refractivity contribution in [2.24, 2.45) is 5.92 Å². The zero-order valence-electron chi connectivity index (χ0n) is 14.3. The Balaban J connectivity index is 1.49. The second-order valence-electron chi connectivity index (χ2n) is 6.99. The Morgan fingerprint density at radius 2 is 1.96 bits per heavy atom. The summed E-state index contributed by atoms with van der Waals surface area (Å²) in [6.07, 6.45) is 1.03. The number of carbonyl (C=O) groups excluding carboxylic acids is 1. The molecule has 8 heteroatoms. The number of amides is 1. The van der Waals surface area contributed by atoms with Crippen molar-refractivity contribution < 1.29 is 4.79 Å². The fourth-order valence-electron chi connectivity index (χ4n) is 3.98. The van der Waals surface area contributed by atoms with E-state index in [2.05, 4.69) is 5.32 Å². The molecule has 1 aromatic carbocycles. The number of nitrogens with one attached hydrogen (secondary N) is 1. The maximum absolute atomic E-state index is 12.5. The van der Waals surface area contributed by atoms with Crippen LogP contribution in [0, 0.1) is 5.92 Å². The van der Waals surface area contributed by atoms with Gasteiger partial charge >= 0.3 is 0 Å². The van der Waals surface area contributed by atoms with Gasteiger partial charge in [0.05, 0.1) is 10.6 Å². The molecule has 0 spiro atoms. The molecule has 1 amide bonds. The molecule has 0 radical (unpaired) electrons. The third kappa shape index (κ3) is 3.61. The highest BCUT2D eigenvalue weighted by atomic mass is 35.5. The van der Waals surface area contributed by atoms with Gasteiger partial charge in [-0.3, -0.25) is 14.9 Å². The van der Waals surface area contributed by atoms with Crippen LogP contribution in [0.3, 0.4) is 0 Å². The number of benzene rings is 1. The van der Waals surface area contributed by atoms with Crippen LogP contribution in [-0.2, 0) is 6.54 Å². The van der Waals surface area contributed by atoms with Crippen molar-refractivity contribution in [1.29, 1.82) is 0 Å². The van der Waals surface area contributed by atoms with E-state index in [1.54, 1.807) is 24.3 Å². The number of likely N-dealkylation sites (tertiary alicyclic amines) is 1. The number of piperidine rings is 1. The Hall–Kier alpha value is -1.89. The molecule has 0 saturated carbocycles. The SMILES string of the molecule is O=C(NC(=S)N1C[C@@H]2C[C@@H](C1)c1cccc(=O)n1C2)c1ccc(Cl)cc1Cl. The van der Waals surface area contributed by atoms with Crippen LogP contribution >= 0.6 is 35.4 Å². The third-order valence-electron chi connectivity index (χ3n) is 5.16. The van der Waals surface area contributed by atoms with Gasteiger partial charge in [-0.05, 0) is 48.8 Å². The lowest BCUT2D eigenvalue weighted by molar-refractivity contribution is 0.0968. The Kier molecular flexibility index (Phi) is 4.97. The predicted octanol–water partition coefficient (Wildman–Crippen LogP) is 3.29. The normalized spacial score (nSPS) is 20.7. The molecule has 2 aliphatic rings. The summed E-state index contributed by atoms with van der Waals surface area (Å²) in [5.41, 5.74) is 1.42. The van der Waals surface area contributed by atoms with E-state index in [0.29, 0.717) is 41.3 Å². The predicted molar refractivity (Wildman–Crippen MR) is 110 cm³/mol. The van der Waals surface area contributed by atoms with Gasteiger partial charge in [0.15, 0.2) is 5.11 Å². The molecule has 2 aromatic rings. The minimum atomic E-state index is -0.353. The molecule has 1 fully saturated rings. The first kappa shape index (κ1) is 18.5. The van der Waals surface area contributed by atoms with Crippen molar-refractivity contribution in [1.82, 2.24) is 14.8 Å². The second kappa shape index (κ2) is 7.26. The molecular weight excluding hydrogens is 405 g/mol. The fraction of sp³-hybridized carbons (Fsp3) is 0.316. The number of halogens is 2. The van der Waals surface area contributed by atoms with Crippen molar-refractivity contribution in [3.05, 3.63) is 68.1 Å². The molecule has 0 aliphatic carbocycles. The smallest absolute Gasteiger partial charge is 0.258 e. The highest BCUT2D eigenvalue weighted by molar-refractivity contribution is 7.80. The van der Waals surface area contributed by atoms with Crippen LogP contribution in [-0.4, -0.2) is 33.6 Å². The Labute approximate surface area is 171 Å². The van der Waals surface area contributed by atoms with Gasteiger partial charge in [0.25, 0.3) is 11.5 Å². The lowest BCUT2D eigenvalue weighted by Crippen LogP contribution is -2.52. The van der Waals surface area contributed by atoms with E-state index in [0.717, 1.165) is 12.1 Å². The van der Waals surface area contributed by atoms with Crippen LogP contribution in [0.15, 0.2) is 41.2 Å². The molecule has 1 aromatic heterocycles. The van der Waals surface area contributed by atoms with Gasteiger partial charge in [-0.1, -0.05) is 29.3 Å². The van der Waals surface area contributed by atoms with Crippen molar-refractivity contribution in [2.45, 2.75) is 18.9 Å². The minimum absolute atomic E-state index is 0.0453.